The largest absolute Gasteiger partial charge is 0.508 e. The maximum absolute atomic E-state index is 11.6. The van der Waals surface area contributed by atoms with Crippen molar-refractivity contribution in [2.45, 2.75) is 72.0 Å². The molecule has 1 rings (SSSR count). The lowest BCUT2D eigenvalue weighted by molar-refractivity contribution is -0.0289. The lowest BCUT2D eigenvalue weighted by atomic mass is 9.95. The Hall–Kier alpha value is -1.46. The van der Waals surface area contributed by atoms with Crippen LogP contribution in [0.2, 0.25) is 0 Å². The van der Waals surface area contributed by atoms with Gasteiger partial charge in [0.25, 0.3) is 0 Å². The lowest BCUT2D eigenvalue weighted by Crippen LogP contribution is -2.30. The van der Waals surface area contributed by atoms with Crippen LogP contribution < -0.4 is 0 Å². The summed E-state index contributed by atoms with van der Waals surface area (Å²) >= 11 is 0. The van der Waals surface area contributed by atoms with Gasteiger partial charge in [0.15, 0.2) is 0 Å². The normalized spacial score (nSPS) is 21.1. The summed E-state index contributed by atoms with van der Waals surface area (Å²) in [5.41, 5.74) is 0. The van der Waals surface area contributed by atoms with E-state index in [0.717, 1.165) is 6.42 Å². The minimum atomic E-state index is -0.615. The maximum atomic E-state index is 11.6. The van der Waals surface area contributed by atoms with E-state index >= 15 is 0 Å². The van der Waals surface area contributed by atoms with Gasteiger partial charge in [0.2, 0.25) is 0 Å². The topological polar surface area (TPSA) is 71.1 Å². The molecule has 0 saturated heterocycles. The summed E-state index contributed by atoms with van der Waals surface area (Å²) in [6.07, 6.45) is 1.96. The molecule has 6 nitrogen and oxygen atoms in total. The average Bonchev–Trinajstić information content (AvgIpc) is 2.47. The van der Waals surface area contributed by atoms with Crippen molar-refractivity contribution in [3.63, 3.8) is 0 Å². The molecule has 1 saturated carbocycles. The summed E-state index contributed by atoms with van der Waals surface area (Å²) in [7, 11) is 0. The molecular weight excluding hydrogens is 300 g/mol. The molecule has 0 unspecified atom stereocenters. The fourth-order valence-electron chi connectivity index (χ4n) is 2.22. The van der Waals surface area contributed by atoms with Crippen LogP contribution in [0, 0.1) is 11.8 Å². The quantitative estimate of drug-likeness (QED) is 0.648. The molecule has 1 aliphatic rings. The van der Waals surface area contributed by atoms with Gasteiger partial charge in [-0.1, -0.05) is 27.7 Å². The third-order valence-corrected chi connectivity index (χ3v) is 3.60. The summed E-state index contributed by atoms with van der Waals surface area (Å²) in [4.78, 5) is 23.0. The smallest absolute Gasteiger partial charge is 0.434 e. The zero-order valence-corrected chi connectivity index (χ0v) is 14.7. The molecule has 0 aromatic carbocycles. The van der Waals surface area contributed by atoms with E-state index in [-0.39, 0.29) is 18.1 Å². The zero-order chi connectivity index (χ0) is 17.2. The summed E-state index contributed by atoms with van der Waals surface area (Å²) in [5.74, 6) is 0.777. The van der Waals surface area contributed by atoms with Gasteiger partial charge < -0.3 is 18.9 Å². The van der Waals surface area contributed by atoms with Gasteiger partial charge in [-0.15, -0.1) is 0 Å². The molecule has 0 aromatic heterocycles. The highest BCUT2D eigenvalue weighted by Crippen LogP contribution is 2.24. The number of carbonyl (C=O) groups excluding carboxylic acids is 2. The molecule has 0 aliphatic heterocycles. The Bertz CT molecular complexity index is 358. The van der Waals surface area contributed by atoms with E-state index in [0.29, 0.717) is 44.8 Å². The standard InChI is InChI=1S/C17H30O6/c1-12(2)9-10-20-16(18)22-14-5-7-15(8-6-14)23-17(19)21-11-13(3)4/h12-15H,5-11H2,1-4H3. The molecular formula is C17H30O6. The molecule has 23 heavy (non-hydrogen) atoms. The van der Waals surface area contributed by atoms with E-state index < -0.39 is 12.3 Å². The second-order valence-corrected chi connectivity index (χ2v) is 6.87. The van der Waals surface area contributed by atoms with E-state index in [4.69, 9.17) is 18.9 Å². The van der Waals surface area contributed by atoms with Crippen molar-refractivity contribution in [3.05, 3.63) is 0 Å². The molecule has 0 spiro atoms. The van der Waals surface area contributed by atoms with Crippen molar-refractivity contribution in [1.29, 1.82) is 0 Å². The Morgan fingerprint density at radius 3 is 1.74 bits per heavy atom. The van der Waals surface area contributed by atoms with Crippen molar-refractivity contribution >= 4 is 12.3 Å². The second kappa shape index (κ2) is 10.3. The minimum Gasteiger partial charge on any atom is -0.434 e. The highest BCUT2D eigenvalue weighted by molar-refractivity contribution is 5.60. The molecule has 6 heteroatoms. The van der Waals surface area contributed by atoms with Gasteiger partial charge in [0.05, 0.1) is 13.2 Å². The number of carbonyl (C=O) groups is 2. The molecule has 0 N–H and O–H groups in total. The van der Waals surface area contributed by atoms with Crippen LogP contribution in [0.5, 0.6) is 0 Å². The molecule has 134 valence electrons. The van der Waals surface area contributed by atoms with E-state index in [1.807, 2.05) is 13.8 Å². The van der Waals surface area contributed by atoms with E-state index in [9.17, 15) is 9.59 Å². The Balaban J connectivity index is 2.15. The van der Waals surface area contributed by atoms with E-state index in [2.05, 4.69) is 13.8 Å². The predicted octanol–water partition coefficient (Wildman–Crippen LogP) is 4.31. The number of ether oxygens (including phenoxy) is 4. The van der Waals surface area contributed by atoms with Crippen molar-refractivity contribution < 1.29 is 28.5 Å². The number of hydrogen-bond acceptors (Lipinski definition) is 6. The summed E-state index contributed by atoms with van der Waals surface area (Å²) in [6, 6.07) is 0. The van der Waals surface area contributed by atoms with Crippen LogP contribution in [-0.4, -0.2) is 37.7 Å². The summed E-state index contributed by atoms with van der Waals surface area (Å²) in [5, 5.41) is 0. The van der Waals surface area contributed by atoms with Crippen LogP contribution >= 0.6 is 0 Å². The van der Waals surface area contributed by atoms with Crippen LogP contribution in [0.15, 0.2) is 0 Å². The monoisotopic (exact) mass is 330 g/mol. The Labute approximate surface area is 138 Å². The van der Waals surface area contributed by atoms with Gasteiger partial charge in [0, 0.05) is 0 Å². The molecule has 0 aromatic rings. The SMILES string of the molecule is CC(C)CCOC(=O)OC1CCC(OC(=O)OCC(C)C)CC1. The van der Waals surface area contributed by atoms with Crippen LogP contribution in [0.1, 0.15) is 59.8 Å². The lowest BCUT2D eigenvalue weighted by Gasteiger charge is -2.27. The van der Waals surface area contributed by atoms with Gasteiger partial charge in [0.1, 0.15) is 12.2 Å². The molecule has 0 amide bonds. The first-order valence-corrected chi connectivity index (χ1v) is 8.53. The van der Waals surface area contributed by atoms with Crippen LogP contribution in [-0.2, 0) is 18.9 Å². The number of hydrogen-bond donors (Lipinski definition) is 0. The Morgan fingerprint density at radius 2 is 1.30 bits per heavy atom. The number of rotatable bonds is 7. The predicted molar refractivity (Wildman–Crippen MR) is 85.2 cm³/mol. The van der Waals surface area contributed by atoms with Gasteiger partial charge in [-0.3, -0.25) is 0 Å². The highest BCUT2D eigenvalue weighted by Gasteiger charge is 2.27. The zero-order valence-electron chi connectivity index (χ0n) is 14.7. The molecule has 0 bridgehead atoms. The Kier molecular flexibility index (Phi) is 8.81. The minimum absolute atomic E-state index is 0.159. The van der Waals surface area contributed by atoms with Gasteiger partial charge in [-0.25, -0.2) is 9.59 Å². The van der Waals surface area contributed by atoms with Gasteiger partial charge in [-0.2, -0.15) is 0 Å². The first-order valence-electron chi connectivity index (χ1n) is 8.53. The van der Waals surface area contributed by atoms with Crippen molar-refractivity contribution in [3.8, 4) is 0 Å². The Morgan fingerprint density at radius 1 is 0.826 bits per heavy atom. The van der Waals surface area contributed by atoms with Crippen LogP contribution in [0.25, 0.3) is 0 Å². The fourth-order valence-corrected chi connectivity index (χ4v) is 2.22. The maximum Gasteiger partial charge on any atom is 0.508 e. The third-order valence-electron chi connectivity index (χ3n) is 3.60. The van der Waals surface area contributed by atoms with Crippen LogP contribution in [0.3, 0.4) is 0 Å². The first kappa shape index (κ1) is 19.6. The molecule has 1 fully saturated rings. The molecule has 1 aliphatic carbocycles. The van der Waals surface area contributed by atoms with Crippen molar-refractivity contribution in [2.24, 2.45) is 11.8 Å². The second-order valence-electron chi connectivity index (χ2n) is 6.87. The van der Waals surface area contributed by atoms with E-state index in [1.165, 1.54) is 0 Å². The van der Waals surface area contributed by atoms with Gasteiger partial charge >= 0.3 is 12.3 Å². The fraction of sp³-hybridized carbons (Fsp3) is 0.882. The van der Waals surface area contributed by atoms with Crippen molar-refractivity contribution in [2.75, 3.05) is 13.2 Å². The molecule has 0 atom stereocenters. The third kappa shape index (κ3) is 9.31. The first-order chi connectivity index (χ1) is 10.9. The summed E-state index contributed by atoms with van der Waals surface area (Å²) in [6.45, 7) is 8.83. The molecule has 0 radical (unpaired) electrons. The van der Waals surface area contributed by atoms with Crippen LogP contribution in [0.4, 0.5) is 9.59 Å². The van der Waals surface area contributed by atoms with Gasteiger partial charge in [-0.05, 0) is 43.9 Å². The van der Waals surface area contributed by atoms with E-state index in [1.54, 1.807) is 0 Å². The summed E-state index contributed by atoms with van der Waals surface area (Å²) < 4.78 is 20.6. The van der Waals surface area contributed by atoms with Crippen molar-refractivity contribution in [1.82, 2.24) is 0 Å². The highest BCUT2D eigenvalue weighted by atomic mass is 16.7. The molecule has 0 heterocycles. The average molecular weight is 330 g/mol.